The standard InChI is InChI=1S/C13H29N3/c1-5-11(2)12(15-14)13(16(3)4)9-7-6-8-10-13/h11-12,15H,5-10,14H2,1-4H3. The molecule has 96 valence electrons. The lowest BCUT2D eigenvalue weighted by Gasteiger charge is -2.50. The maximum atomic E-state index is 5.83. The van der Waals surface area contributed by atoms with Crippen molar-refractivity contribution in [3.8, 4) is 0 Å². The molecule has 0 amide bonds. The normalized spacial score (nSPS) is 24.4. The second-order valence-corrected chi connectivity index (χ2v) is 5.59. The minimum absolute atomic E-state index is 0.266. The van der Waals surface area contributed by atoms with Crippen LogP contribution in [0.5, 0.6) is 0 Å². The van der Waals surface area contributed by atoms with E-state index in [1.165, 1.54) is 38.5 Å². The Kier molecular flexibility index (Phi) is 5.22. The van der Waals surface area contributed by atoms with E-state index in [1.807, 2.05) is 0 Å². The van der Waals surface area contributed by atoms with E-state index in [4.69, 9.17) is 5.84 Å². The predicted molar refractivity (Wildman–Crippen MR) is 70.1 cm³/mol. The number of nitrogens with zero attached hydrogens (tertiary/aromatic N) is 1. The van der Waals surface area contributed by atoms with Gasteiger partial charge in [0.25, 0.3) is 0 Å². The summed E-state index contributed by atoms with van der Waals surface area (Å²) in [6.07, 6.45) is 7.80. The number of hydrazine groups is 1. The van der Waals surface area contributed by atoms with Gasteiger partial charge >= 0.3 is 0 Å². The van der Waals surface area contributed by atoms with Gasteiger partial charge in [0.05, 0.1) is 0 Å². The van der Waals surface area contributed by atoms with Crippen molar-refractivity contribution in [1.29, 1.82) is 0 Å². The summed E-state index contributed by atoms with van der Waals surface area (Å²) in [5.74, 6) is 6.46. The summed E-state index contributed by atoms with van der Waals surface area (Å²) >= 11 is 0. The second-order valence-electron chi connectivity index (χ2n) is 5.59. The highest BCUT2D eigenvalue weighted by Gasteiger charge is 2.43. The summed E-state index contributed by atoms with van der Waals surface area (Å²) in [6.45, 7) is 4.56. The van der Waals surface area contributed by atoms with E-state index in [1.54, 1.807) is 0 Å². The quantitative estimate of drug-likeness (QED) is 0.558. The van der Waals surface area contributed by atoms with Crippen LogP contribution in [0.1, 0.15) is 52.4 Å². The molecule has 0 heterocycles. The minimum Gasteiger partial charge on any atom is -0.302 e. The molecule has 0 aliphatic heterocycles. The molecule has 0 spiro atoms. The Balaban J connectivity index is 2.88. The summed E-state index contributed by atoms with van der Waals surface area (Å²) in [5.41, 5.74) is 3.37. The summed E-state index contributed by atoms with van der Waals surface area (Å²) in [7, 11) is 4.41. The van der Waals surface area contributed by atoms with Gasteiger partial charge in [-0.15, -0.1) is 0 Å². The zero-order valence-corrected chi connectivity index (χ0v) is 11.4. The van der Waals surface area contributed by atoms with Crippen molar-refractivity contribution in [2.75, 3.05) is 14.1 Å². The van der Waals surface area contributed by atoms with Gasteiger partial charge in [-0.3, -0.25) is 11.3 Å². The topological polar surface area (TPSA) is 41.3 Å². The highest BCUT2D eigenvalue weighted by molar-refractivity contribution is 5.01. The Labute approximate surface area is 101 Å². The first-order chi connectivity index (χ1) is 7.58. The monoisotopic (exact) mass is 227 g/mol. The second kappa shape index (κ2) is 5.99. The molecular formula is C13H29N3. The molecule has 0 saturated heterocycles. The molecule has 3 heteroatoms. The van der Waals surface area contributed by atoms with Crippen LogP contribution >= 0.6 is 0 Å². The highest BCUT2D eigenvalue weighted by Crippen LogP contribution is 2.37. The smallest absolute Gasteiger partial charge is 0.0419 e. The van der Waals surface area contributed by atoms with Crippen molar-refractivity contribution in [3.05, 3.63) is 0 Å². The fraction of sp³-hybridized carbons (Fsp3) is 1.00. The van der Waals surface area contributed by atoms with Crippen LogP contribution in [0.2, 0.25) is 0 Å². The number of likely N-dealkylation sites (N-methyl/N-ethyl adjacent to an activating group) is 1. The summed E-state index contributed by atoms with van der Waals surface area (Å²) < 4.78 is 0. The minimum atomic E-state index is 0.266. The SMILES string of the molecule is CCC(C)C(NN)C1(N(C)C)CCCCC1. The molecule has 0 aromatic heterocycles. The largest absolute Gasteiger partial charge is 0.302 e. The number of hydrogen-bond donors (Lipinski definition) is 2. The van der Waals surface area contributed by atoms with E-state index in [0.717, 1.165) is 0 Å². The molecule has 16 heavy (non-hydrogen) atoms. The zero-order valence-electron chi connectivity index (χ0n) is 11.4. The third kappa shape index (κ3) is 2.58. The third-order valence-corrected chi connectivity index (χ3v) is 4.58. The van der Waals surface area contributed by atoms with Crippen molar-refractivity contribution in [2.24, 2.45) is 11.8 Å². The van der Waals surface area contributed by atoms with Crippen molar-refractivity contribution < 1.29 is 0 Å². The van der Waals surface area contributed by atoms with Gasteiger partial charge in [-0.2, -0.15) is 0 Å². The van der Waals surface area contributed by atoms with Crippen LogP contribution < -0.4 is 11.3 Å². The van der Waals surface area contributed by atoms with Crippen LogP contribution in [0.15, 0.2) is 0 Å². The molecule has 0 aromatic carbocycles. The molecule has 3 N–H and O–H groups in total. The van der Waals surface area contributed by atoms with Gasteiger partial charge in [-0.05, 0) is 32.9 Å². The van der Waals surface area contributed by atoms with Gasteiger partial charge in [0, 0.05) is 11.6 Å². The zero-order chi connectivity index (χ0) is 12.2. The first-order valence-corrected chi connectivity index (χ1v) is 6.72. The average Bonchev–Trinajstić information content (AvgIpc) is 2.30. The van der Waals surface area contributed by atoms with E-state index in [2.05, 4.69) is 38.3 Å². The van der Waals surface area contributed by atoms with Crippen LogP contribution in [0.4, 0.5) is 0 Å². The van der Waals surface area contributed by atoms with E-state index in [9.17, 15) is 0 Å². The average molecular weight is 227 g/mol. The first-order valence-electron chi connectivity index (χ1n) is 6.72. The highest BCUT2D eigenvalue weighted by atomic mass is 15.3. The predicted octanol–water partition coefficient (Wildman–Crippen LogP) is 2.13. The van der Waals surface area contributed by atoms with Gasteiger partial charge in [0.15, 0.2) is 0 Å². The van der Waals surface area contributed by atoms with E-state index in [-0.39, 0.29) is 5.54 Å². The lowest BCUT2D eigenvalue weighted by molar-refractivity contribution is 0.0347. The number of hydrogen-bond acceptors (Lipinski definition) is 3. The van der Waals surface area contributed by atoms with Crippen molar-refractivity contribution >= 4 is 0 Å². The first kappa shape index (κ1) is 13.9. The molecule has 0 radical (unpaired) electrons. The summed E-state index contributed by atoms with van der Waals surface area (Å²) in [4.78, 5) is 2.41. The molecule has 0 bridgehead atoms. The van der Waals surface area contributed by atoms with Crippen molar-refractivity contribution in [3.63, 3.8) is 0 Å². The molecule has 0 aromatic rings. The van der Waals surface area contributed by atoms with Gasteiger partial charge in [0.1, 0.15) is 0 Å². The van der Waals surface area contributed by atoms with Gasteiger partial charge in [-0.25, -0.2) is 0 Å². The van der Waals surface area contributed by atoms with E-state index < -0.39 is 0 Å². The Hall–Kier alpha value is -0.120. The van der Waals surface area contributed by atoms with Crippen LogP contribution in [-0.4, -0.2) is 30.6 Å². The molecule has 1 aliphatic carbocycles. The maximum Gasteiger partial charge on any atom is 0.0419 e. The van der Waals surface area contributed by atoms with Crippen LogP contribution in [0.3, 0.4) is 0 Å². The van der Waals surface area contributed by atoms with E-state index in [0.29, 0.717) is 12.0 Å². The Bertz CT molecular complexity index is 197. The Morgan fingerprint density at radius 1 is 1.25 bits per heavy atom. The molecular weight excluding hydrogens is 198 g/mol. The van der Waals surface area contributed by atoms with Crippen LogP contribution in [0.25, 0.3) is 0 Å². The molecule has 1 fully saturated rings. The fourth-order valence-corrected chi connectivity index (χ4v) is 3.29. The van der Waals surface area contributed by atoms with Gasteiger partial charge in [-0.1, -0.05) is 39.5 Å². The molecule has 1 rings (SSSR count). The van der Waals surface area contributed by atoms with Crippen LogP contribution in [0, 0.1) is 5.92 Å². The third-order valence-electron chi connectivity index (χ3n) is 4.58. The lowest BCUT2D eigenvalue weighted by atomic mass is 9.71. The van der Waals surface area contributed by atoms with E-state index >= 15 is 0 Å². The summed E-state index contributed by atoms with van der Waals surface area (Å²) in [6, 6.07) is 0.410. The Morgan fingerprint density at radius 2 is 1.81 bits per heavy atom. The maximum absolute atomic E-state index is 5.83. The molecule has 2 unspecified atom stereocenters. The number of nitrogens with one attached hydrogen (secondary N) is 1. The fourth-order valence-electron chi connectivity index (χ4n) is 3.29. The van der Waals surface area contributed by atoms with Crippen molar-refractivity contribution in [2.45, 2.75) is 64.0 Å². The molecule has 1 saturated carbocycles. The molecule has 3 nitrogen and oxygen atoms in total. The number of nitrogens with two attached hydrogens (primary N) is 1. The van der Waals surface area contributed by atoms with Gasteiger partial charge < -0.3 is 4.90 Å². The lowest BCUT2D eigenvalue weighted by Crippen LogP contribution is -2.63. The summed E-state index contributed by atoms with van der Waals surface area (Å²) in [5, 5.41) is 0. The number of rotatable bonds is 5. The van der Waals surface area contributed by atoms with Crippen molar-refractivity contribution in [1.82, 2.24) is 10.3 Å². The molecule has 2 atom stereocenters. The Morgan fingerprint density at radius 3 is 2.19 bits per heavy atom. The van der Waals surface area contributed by atoms with Gasteiger partial charge in [0.2, 0.25) is 0 Å². The van der Waals surface area contributed by atoms with Crippen LogP contribution in [-0.2, 0) is 0 Å². The molecule has 1 aliphatic rings.